The Morgan fingerprint density at radius 3 is 2.43 bits per heavy atom. The lowest BCUT2D eigenvalue weighted by Gasteiger charge is -2.25. The average Bonchev–Trinajstić information content (AvgIpc) is 3.63. The van der Waals surface area contributed by atoms with Crippen molar-refractivity contribution in [3.63, 3.8) is 0 Å². The number of nitrogens with zero attached hydrogens (tertiary/aromatic N) is 2. The van der Waals surface area contributed by atoms with Gasteiger partial charge in [0.05, 0.1) is 6.07 Å². The zero-order valence-corrected chi connectivity index (χ0v) is 25.2. The van der Waals surface area contributed by atoms with Crippen molar-refractivity contribution in [2.24, 2.45) is 11.8 Å². The summed E-state index contributed by atoms with van der Waals surface area (Å²) < 4.78 is 5.05. The Morgan fingerprint density at radius 2 is 1.77 bits per heavy atom. The highest BCUT2D eigenvalue weighted by Crippen LogP contribution is 2.34. The molecule has 2 heterocycles. The number of fused-ring (bicyclic) bond motifs is 1. The highest BCUT2D eigenvalue weighted by atomic mass is 16.5. The van der Waals surface area contributed by atoms with Gasteiger partial charge < -0.3 is 25.8 Å². The molecule has 11 heteroatoms. The molecule has 5 rings (SSSR count). The molecule has 4 amide bonds. The van der Waals surface area contributed by atoms with Crippen LogP contribution in [0.3, 0.4) is 0 Å². The van der Waals surface area contributed by atoms with Crippen LogP contribution in [0.4, 0.5) is 0 Å². The van der Waals surface area contributed by atoms with Gasteiger partial charge in [0.2, 0.25) is 17.7 Å². The lowest BCUT2D eigenvalue weighted by Crippen LogP contribution is -2.55. The first-order valence-electron chi connectivity index (χ1n) is 15.0. The highest BCUT2D eigenvalue weighted by Gasteiger charge is 2.39. The SMILES string of the molecule is Cc1cc(C(=O)NC(Cc2cccc3ccccc23)C(=O)NC(CC2CC2)C(=O)NC(C#N)CC2CC(C)(C)NC2=O)no1. The first kappa shape index (κ1) is 30.7. The minimum Gasteiger partial charge on any atom is -0.361 e. The molecule has 0 bridgehead atoms. The van der Waals surface area contributed by atoms with Crippen molar-refractivity contribution in [2.45, 2.75) is 83.0 Å². The number of hydrogen-bond acceptors (Lipinski definition) is 7. The minimum atomic E-state index is -1.03. The topological polar surface area (TPSA) is 166 Å². The van der Waals surface area contributed by atoms with E-state index in [2.05, 4.69) is 32.5 Å². The fraction of sp³-hybridized carbons (Fsp3) is 0.455. The van der Waals surface area contributed by atoms with Crippen molar-refractivity contribution in [1.29, 1.82) is 5.26 Å². The first-order valence-corrected chi connectivity index (χ1v) is 15.0. The first-order chi connectivity index (χ1) is 21.0. The third-order valence-corrected chi connectivity index (χ3v) is 8.27. The molecule has 2 aromatic carbocycles. The van der Waals surface area contributed by atoms with Gasteiger partial charge in [0.25, 0.3) is 5.91 Å². The van der Waals surface area contributed by atoms with Crippen LogP contribution in [0.25, 0.3) is 10.8 Å². The smallest absolute Gasteiger partial charge is 0.274 e. The summed E-state index contributed by atoms with van der Waals surface area (Å²) in [6.45, 7) is 5.51. The number of rotatable bonds is 12. The molecule has 0 radical (unpaired) electrons. The van der Waals surface area contributed by atoms with Crippen LogP contribution in [0.2, 0.25) is 0 Å². The van der Waals surface area contributed by atoms with Crippen molar-refractivity contribution in [2.75, 3.05) is 0 Å². The molecular weight excluding hydrogens is 560 g/mol. The normalized spacial score (nSPS) is 19.3. The number of amides is 4. The van der Waals surface area contributed by atoms with E-state index in [-0.39, 0.29) is 35.9 Å². The van der Waals surface area contributed by atoms with Crippen LogP contribution >= 0.6 is 0 Å². The Hall–Kier alpha value is -4.72. The second-order valence-corrected chi connectivity index (χ2v) is 12.6. The summed E-state index contributed by atoms with van der Waals surface area (Å²) in [5.41, 5.74) is 0.523. The fourth-order valence-corrected chi connectivity index (χ4v) is 5.88. The second kappa shape index (κ2) is 12.9. The molecule has 11 nitrogen and oxygen atoms in total. The van der Waals surface area contributed by atoms with Gasteiger partial charge in [0.15, 0.2) is 5.69 Å². The summed E-state index contributed by atoms with van der Waals surface area (Å²) in [4.78, 5) is 52.9. The van der Waals surface area contributed by atoms with Crippen molar-refractivity contribution in [3.8, 4) is 6.07 Å². The summed E-state index contributed by atoms with van der Waals surface area (Å²) in [5, 5.41) is 26.9. The molecule has 4 unspecified atom stereocenters. The molecule has 1 aliphatic carbocycles. The van der Waals surface area contributed by atoms with E-state index >= 15 is 0 Å². The number of aryl methyl sites for hydroxylation is 1. The van der Waals surface area contributed by atoms with Gasteiger partial charge in [-0.05, 0) is 62.3 Å². The molecule has 0 spiro atoms. The molecule has 1 aliphatic heterocycles. The van der Waals surface area contributed by atoms with E-state index in [4.69, 9.17) is 4.52 Å². The van der Waals surface area contributed by atoms with Gasteiger partial charge in [-0.1, -0.05) is 60.5 Å². The van der Waals surface area contributed by atoms with Gasteiger partial charge in [0.1, 0.15) is 23.9 Å². The van der Waals surface area contributed by atoms with Gasteiger partial charge in [-0.2, -0.15) is 5.26 Å². The molecule has 230 valence electrons. The Labute approximate surface area is 256 Å². The van der Waals surface area contributed by atoms with Crippen LogP contribution in [-0.2, 0) is 20.8 Å². The molecule has 1 saturated carbocycles. The van der Waals surface area contributed by atoms with E-state index in [0.29, 0.717) is 18.6 Å². The maximum absolute atomic E-state index is 13.9. The third kappa shape index (κ3) is 7.61. The quantitative estimate of drug-likeness (QED) is 0.249. The van der Waals surface area contributed by atoms with E-state index in [9.17, 15) is 24.4 Å². The predicted octanol–water partition coefficient (Wildman–Crippen LogP) is 3.08. The maximum atomic E-state index is 13.9. The number of carbonyl (C=O) groups is 4. The van der Waals surface area contributed by atoms with E-state index in [1.807, 2.05) is 56.3 Å². The molecular formula is C33H38N6O5. The summed E-state index contributed by atoms with van der Waals surface area (Å²) in [6, 6.07) is 14.3. The molecule has 3 aromatic rings. The van der Waals surface area contributed by atoms with E-state index in [1.165, 1.54) is 6.07 Å². The lowest BCUT2D eigenvalue weighted by atomic mass is 9.92. The monoisotopic (exact) mass is 598 g/mol. The van der Waals surface area contributed by atoms with Crippen LogP contribution in [0.5, 0.6) is 0 Å². The zero-order valence-electron chi connectivity index (χ0n) is 25.2. The number of carbonyl (C=O) groups excluding carboxylic acids is 4. The molecule has 4 atom stereocenters. The van der Waals surface area contributed by atoms with Crippen molar-refractivity contribution in [3.05, 3.63) is 65.5 Å². The summed E-state index contributed by atoms with van der Waals surface area (Å²) in [5.74, 6) is -1.40. The number of hydrogen-bond donors (Lipinski definition) is 4. The van der Waals surface area contributed by atoms with Gasteiger partial charge in [-0.25, -0.2) is 0 Å². The van der Waals surface area contributed by atoms with Gasteiger partial charge >= 0.3 is 0 Å². The van der Waals surface area contributed by atoms with Crippen LogP contribution in [0.1, 0.15) is 67.8 Å². The van der Waals surface area contributed by atoms with Crippen molar-refractivity contribution >= 4 is 34.4 Å². The standard InChI is InChI=1S/C33H38N6O5/c1-19-13-28(39-44-19)32(43)37-27(16-22-9-6-8-21-7-4-5-10-25(21)22)31(42)36-26(14-20-11-12-20)30(41)35-24(18-34)15-23-17-33(2,3)38-29(23)40/h4-10,13,20,23-24,26-27H,11-12,14-17H2,1-3H3,(H,35,41)(H,36,42)(H,37,43)(H,38,40). The molecule has 4 N–H and O–H groups in total. The largest absolute Gasteiger partial charge is 0.361 e. The molecule has 2 fully saturated rings. The maximum Gasteiger partial charge on any atom is 0.274 e. The second-order valence-electron chi connectivity index (χ2n) is 12.6. The number of nitrogens with one attached hydrogen (secondary N) is 4. The zero-order chi connectivity index (χ0) is 31.4. The summed E-state index contributed by atoms with van der Waals surface area (Å²) in [7, 11) is 0. The summed E-state index contributed by atoms with van der Waals surface area (Å²) >= 11 is 0. The fourth-order valence-electron chi connectivity index (χ4n) is 5.88. The lowest BCUT2D eigenvalue weighted by molar-refractivity contribution is -0.130. The van der Waals surface area contributed by atoms with Crippen LogP contribution < -0.4 is 21.3 Å². The van der Waals surface area contributed by atoms with Crippen LogP contribution in [-0.4, -0.2) is 52.4 Å². The highest BCUT2D eigenvalue weighted by molar-refractivity contribution is 5.98. The van der Waals surface area contributed by atoms with E-state index in [1.54, 1.807) is 6.92 Å². The van der Waals surface area contributed by atoms with Gasteiger partial charge in [0, 0.05) is 23.9 Å². The summed E-state index contributed by atoms with van der Waals surface area (Å²) in [6.07, 6.45) is 3.20. The van der Waals surface area contributed by atoms with Crippen LogP contribution in [0, 0.1) is 30.1 Å². The number of benzene rings is 2. The molecule has 1 saturated heterocycles. The van der Waals surface area contributed by atoms with Crippen molar-refractivity contribution in [1.82, 2.24) is 26.4 Å². The van der Waals surface area contributed by atoms with Gasteiger partial charge in [-0.15, -0.1) is 0 Å². The number of aromatic nitrogens is 1. The average molecular weight is 599 g/mol. The Bertz CT molecular complexity index is 1600. The minimum absolute atomic E-state index is 0.0430. The third-order valence-electron chi connectivity index (χ3n) is 8.27. The Morgan fingerprint density at radius 1 is 1.05 bits per heavy atom. The number of nitriles is 1. The molecule has 44 heavy (non-hydrogen) atoms. The Kier molecular flexibility index (Phi) is 8.99. The van der Waals surface area contributed by atoms with Crippen LogP contribution in [0.15, 0.2) is 53.1 Å². The van der Waals surface area contributed by atoms with Crippen molar-refractivity contribution < 1.29 is 23.7 Å². The molecule has 2 aliphatic rings. The Balaban J connectivity index is 1.33. The predicted molar refractivity (Wildman–Crippen MR) is 162 cm³/mol. The van der Waals surface area contributed by atoms with Gasteiger partial charge in [-0.3, -0.25) is 19.2 Å². The van der Waals surface area contributed by atoms with E-state index in [0.717, 1.165) is 29.2 Å². The van der Waals surface area contributed by atoms with E-state index < -0.39 is 41.8 Å². The molecule has 1 aromatic heterocycles.